The van der Waals surface area contributed by atoms with Crippen LogP contribution in [-0.2, 0) is 12.0 Å². The topological polar surface area (TPSA) is 99.3 Å². The molecule has 30 heavy (non-hydrogen) atoms. The third kappa shape index (κ3) is 4.65. The lowest BCUT2D eigenvalue weighted by Crippen LogP contribution is -2.16. The van der Waals surface area contributed by atoms with Crippen LogP contribution in [0.3, 0.4) is 0 Å². The molecule has 156 valence electrons. The molecular formula is C22H24N4O4. The van der Waals surface area contributed by atoms with Gasteiger partial charge in [-0.25, -0.2) is 4.68 Å². The molecule has 0 fully saturated rings. The zero-order valence-corrected chi connectivity index (χ0v) is 17.4. The summed E-state index contributed by atoms with van der Waals surface area (Å²) < 4.78 is 6.64. The van der Waals surface area contributed by atoms with E-state index in [1.54, 1.807) is 16.9 Å². The van der Waals surface area contributed by atoms with Crippen LogP contribution in [0.4, 0.5) is 11.5 Å². The van der Waals surface area contributed by atoms with Gasteiger partial charge in [0.2, 0.25) is 0 Å². The standard InChI is InChI=1S/C22H24N4O4/c1-22(2,3)17-8-5-15(6-9-17)14-25-20(11-12-23-25)24-21(27)16-7-10-19(30-4)18(13-16)26(28)29/h5-13H,14H2,1-4H3,(H,24,27). The Morgan fingerprint density at radius 1 is 1.17 bits per heavy atom. The van der Waals surface area contributed by atoms with Gasteiger partial charge < -0.3 is 10.1 Å². The molecule has 0 aliphatic carbocycles. The minimum Gasteiger partial charge on any atom is -0.490 e. The Hall–Kier alpha value is -3.68. The summed E-state index contributed by atoms with van der Waals surface area (Å²) >= 11 is 0. The van der Waals surface area contributed by atoms with E-state index in [0.29, 0.717) is 12.4 Å². The van der Waals surface area contributed by atoms with Gasteiger partial charge in [-0.15, -0.1) is 0 Å². The summed E-state index contributed by atoms with van der Waals surface area (Å²) in [7, 11) is 1.34. The lowest BCUT2D eigenvalue weighted by Gasteiger charge is -2.19. The number of hydrogen-bond acceptors (Lipinski definition) is 5. The SMILES string of the molecule is COc1ccc(C(=O)Nc2ccnn2Cc2ccc(C(C)(C)C)cc2)cc1[N+](=O)[O-]. The van der Waals surface area contributed by atoms with Crippen molar-refractivity contribution in [1.82, 2.24) is 9.78 Å². The Labute approximate surface area is 174 Å². The van der Waals surface area contributed by atoms with E-state index in [4.69, 9.17) is 4.74 Å². The fraction of sp³-hybridized carbons (Fsp3) is 0.273. The summed E-state index contributed by atoms with van der Waals surface area (Å²) in [5.74, 6) is 0.129. The molecule has 2 aromatic carbocycles. The van der Waals surface area contributed by atoms with Crippen molar-refractivity contribution in [3.05, 3.63) is 81.5 Å². The summed E-state index contributed by atoms with van der Waals surface area (Å²) in [5.41, 5.74) is 2.25. The summed E-state index contributed by atoms with van der Waals surface area (Å²) in [6, 6.07) is 14.0. The molecule has 0 unspecified atom stereocenters. The molecule has 0 saturated heterocycles. The minimum atomic E-state index is -0.582. The highest BCUT2D eigenvalue weighted by molar-refractivity contribution is 6.04. The van der Waals surface area contributed by atoms with Crippen molar-refractivity contribution in [3.63, 3.8) is 0 Å². The smallest absolute Gasteiger partial charge is 0.311 e. The number of nitro groups is 1. The number of methoxy groups -OCH3 is 1. The summed E-state index contributed by atoms with van der Waals surface area (Å²) in [6.07, 6.45) is 1.59. The second-order valence-electron chi connectivity index (χ2n) is 7.92. The maximum Gasteiger partial charge on any atom is 0.311 e. The number of carbonyl (C=O) groups is 1. The third-order valence-corrected chi connectivity index (χ3v) is 4.75. The highest BCUT2D eigenvalue weighted by Gasteiger charge is 2.19. The number of ether oxygens (including phenoxy) is 1. The lowest BCUT2D eigenvalue weighted by molar-refractivity contribution is -0.385. The van der Waals surface area contributed by atoms with E-state index in [0.717, 1.165) is 5.56 Å². The van der Waals surface area contributed by atoms with Crippen LogP contribution in [0, 0.1) is 10.1 Å². The zero-order chi connectivity index (χ0) is 21.9. The molecule has 0 atom stereocenters. The zero-order valence-electron chi connectivity index (χ0n) is 17.4. The molecule has 0 aliphatic heterocycles. The number of benzene rings is 2. The maximum absolute atomic E-state index is 12.6. The Kier molecular flexibility index (Phi) is 5.86. The van der Waals surface area contributed by atoms with Gasteiger partial charge in [0.1, 0.15) is 5.82 Å². The van der Waals surface area contributed by atoms with Gasteiger partial charge in [-0.1, -0.05) is 45.0 Å². The molecule has 0 radical (unpaired) electrons. The first-order chi connectivity index (χ1) is 14.2. The van der Waals surface area contributed by atoms with Crippen molar-refractivity contribution in [1.29, 1.82) is 0 Å². The number of nitrogens with one attached hydrogen (secondary N) is 1. The third-order valence-electron chi connectivity index (χ3n) is 4.75. The fourth-order valence-electron chi connectivity index (χ4n) is 3.01. The second kappa shape index (κ2) is 8.36. The number of hydrogen-bond donors (Lipinski definition) is 1. The highest BCUT2D eigenvalue weighted by atomic mass is 16.6. The van der Waals surface area contributed by atoms with Gasteiger partial charge in [0.15, 0.2) is 5.75 Å². The van der Waals surface area contributed by atoms with Crippen LogP contribution >= 0.6 is 0 Å². The number of nitrogens with zero attached hydrogens (tertiary/aromatic N) is 3. The van der Waals surface area contributed by atoms with Crippen LogP contribution in [0.15, 0.2) is 54.7 Å². The fourth-order valence-corrected chi connectivity index (χ4v) is 3.01. The predicted molar refractivity (Wildman–Crippen MR) is 114 cm³/mol. The second-order valence-corrected chi connectivity index (χ2v) is 7.92. The number of nitro benzene ring substituents is 1. The first-order valence-electron chi connectivity index (χ1n) is 9.44. The van der Waals surface area contributed by atoms with Gasteiger partial charge in [0.05, 0.1) is 24.8 Å². The Morgan fingerprint density at radius 2 is 1.87 bits per heavy atom. The van der Waals surface area contributed by atoms with Crippen molar-refractivity contribution in [2.24, 2.45) is 0 Å². The molecule has 8 nitrogen and oxygen atoms in total. The monoisotopic (exact) mass is 408 g/mol. The highest BCUT2D eigenvalue weighted by Crippen LogP contribution is 2.28. The quantitative estimate of drug-likeness (QED) is 0.481. The van der Waals surface area contributed by atoms with E-state index in [1.807, 2.05) is 12.1 Å². The van der Waals surface area contributed by atoms with Crippen LogP contribution in [0.2, 0.25) is 0 Å². The van der Waals surface area contributed by atoms with Gasteiger partial charge >= 0.3 is 5.69 Å². The largest absolute Gasteiger partial charge is 0.490 e. The first kappa shape index (κ1) is 21.0. The average Bonchev–Trinajstić information content (AvgIpc) is 3.13. The number of rotatable bonds is 6. The normalized spacial score (nSPS) is 11.2. The van der Waals surface area contributed by atoms with Crippen molar-refractivity contribution in [3.8, 4) is 5.75 Å². The number of amides is 1. The van der Waals surface area contributed by atoms with Crippen molar-refractivity contribution in [2.45, 2.75) is 32.7 Å². The predicted octanol–water partition coefficient (Wildman–Crippen LogP) is 4.40. The van der Waals surface area contributed by atoms with Crippen LogP contribution in [-0.4, -0.2) is 27.7 Å². The number of carbonyl (C=O) groups excluding carboxylic acids is 1. The van der Waals surface area contributed by atoms with Gasteiger partial charge in [0, 0.05) is 17.7 Å². The van der Waals surface area contributed by atoms with Crippen LogP contribution in [0.5, 0.6) is 5.75 Å². The molecule has 3 aromatic rings. The van der Waals surface area contributed by atoms with E-state index >= 15 is 0 Å². The maximum atomic E-state index is 12.6. The lowest BCUT2D eigenvalue weighted by atomic mass is 9.87. The molecule has 1 amide bonds. The minimum absolute atomic E-state index is 0.0738. The Morgan fingerprint density at radius 3 is 2.47 bits per heavy atom. The van der Waals surface area contributed by atoms with Crippen molar-refractivity contribution >= 4 is 17.4 Å². The molecule has 8 heteroatoms. The Bertz CT molecular complexity index is 1070. The number of aromatic nitrogens is 2. The van der Waals surface area contributed by atoms with E-state index in [9.17, 15) is 14.9 Å². The average molecular weight is 408 g/mol. The molecule has 0 saturated carbocycles. The van der Waals surface area contributed by atoms with Crippen LogP contribution in [0.25, 0.3) is 0 Å². The van der Waals surface area contributed by atoms with Gasteiger partial charge in [0.25, 0.3) is 5.91 Å². The molecule has 1 aromatic heterocycles. The van der Waals surface area contributed by atoms with E-state index in [2.05, 4.69) is 43.3 Å². The van der Waals surface area contributed by atoms with Crippen molar-refractivity contribution in [2.75, 3.05) is 12.4 Å². The molecule has 1 N–H and O–H groups in total. The number of anilines is 1. The molecule has 0 spiro atoms. The molecule has 0 aliphatic rings. The van der Waals surface area contributed by atoms with E-state index in [-0.39, 0.29) is 22.4 Å². The summed E-state index contributed by atoms with van der Waals surface area (Å²) in [4.78, 5) is 23.2. The summed E-state index contributed by atoms with van der Waals surface area (Å²) in [5, 5.41) is 18.2. The molecular weight excluding hydrogens is 384 g/mol. The van der Waals surface area contributed by atoms with E-state index < -0.39 is 10.8 Å². The molecule has 3 rings (SSSR count). The van der Waals surface area contributed by atoms with Gasteiger partial charge in [-0.2, -0.15) is 5.10 Å². The Balaban J connectivity index is 1.77. The van der Waals surface area contributed by atoms with Crippen molar-refractivity contribution < 1.29 is 14.5 Å². The van der Waals surface area contributed by atoms with Crippen LogP contribution < -0.4 is 10.1 Å². The van der Waals surface area contributed by atoms with Gasteiger partial charge in [-0.05, 0) is 28.7 Å². The van der Waals surface area contributed by atoms with Crippen LogP contribution in [0.1, 0.15) is 42.3 Å². The summed E-state index contributed by atoms with van der Waals surface area (Å²) in [6.45, 7) is 6.96. The molecule has 0 bridgehead atoms. The molecule has 1 heterocycles. The first-order valence-corrected chi connectivity index (χ1v) is 9.44. The van der Waals surface area contributed by atoms with Gasteiger partial charge in [-0.3, -0.25) is 14.9 Å². The van der Waals surface area contributed by atoms with E-state index in [1.165, 1.54) is 30.9 Å².